The largest absolute Gasteiger partial charge is 0.392 e. The van der Waals surface area contributed by atoms with E-state index in [-0.39, 0.29) is 30.3 Å². The third-order valence-corrected chi connectivity index (χ3v) is 5.48. The average Bonchev–Trinajstić information content (AvgIpc) is 3.20. The van der Waals surface area contributed by atoms with Gasteiger partial charge in [0.05, 0.1) is 6.61 Å². The SMILES string of the molecule is O=C(NCc1cccc(CO)c1)[C@@H]1CCCC[C@@H]1C(=O)N1CCCC1. The minimum atomic E-state index is -0.206. The number of aliphatic hydroxyl groups excluding tert-OH is 1. The molecule has 1 saturated heterocycles. The van der Waals surface area contributed by atoms with Crippen molar-refractivity contribution in [2.24, 2.45) is 11.8 Å². The Morgan fingerprint density at radius 1 is 1.04 bits per heavy atom. The fraction of sp³-hybridized carbons (Fsp3) is 0.600. The maximum atomic E-state index is 12.8. The molecule has 0 unspecified atom stereocenters. The van der Waals surface area contributed by atoms with E-state index in [4.69, 9.17) is 0 Å². The van der Waals surface area contributed by atoms with Crippen LogP contribution in [0.15, 0.2) is 24.3 Å². The van der Waals surface area contributed by atoms with E-state index in [0.717, 1.165) is 62.7 Å². The van der Waals surface area contributed by atoms with Crippen LogP contribution in [0.3, 0.4) is 0 Å². The molecule has 1 aliphatic carbocycles. The Bertz CT molecular complexity index is 611. The standard InChI is InChI=1S/C20H28N2O3/c23-14-16-7-5-6-15(12-16)13-21-19(24)17-8-1-2-9-18(17)20(25)22-10-3-4-11-22/h5-7,12,17-18,23H,1-4,8-11,13-14H2,(H,21,24)/t17-,18+/m1/s1. The summed E-state index contributed by atoms with van der Waals surface area (Å²) in [5.41, 5.74) is 1.81. The first-order valence-corrected chi connectivity index (χ1v) is 9.44. The van der Waals surface area contributed by atoms with Gasteiger partial charge in [-0.25, -0.2) is 0 Å². The quantitative estimate of drug-likeness (QED) is 0.860. The summed E-state index contributed by atoms with van der Waals surface area (Å²) < 4.78 is 0. The molecule has 1 aromatic rings. The third kappa shape index (κ3) is 4.40. The Balaban J connectivity index is 1.61. The highest BCUT2D eigenvalue weighted by Gasteiger charge is 2.38. The summed E-state index contributed by atoms with van der Waals surface area (Å²) in [5, 5.41) is 12.2. The van der Waals surface area contributed by atoms with Gasteiger partial charge >= 0.3 is 0 Å². The lowest BCUT2D eigenvalue weighted by Gasteiger charge is -2.32. The zero-order chi connectivity index (χ0) is 17.6. The van der Waals surface area contributed by atoms with Gasteiger partial charge in [0.25, 0.3) is 0 Å². The van der Waals surface area contributed by atoms with Crippen molar-refractivity contribution in [1.29, 1.82) is 0 Å². The summed E-state index contributed by atoms with van der Waals surface area (Å²) in [5.74, 6) is -0.190. The Morgan fingerprint density at radius 2 is 1.72 bits per heavy atom. The van der Waals surface area contributed by atoms with Gasteiger partial charge in [0.2, 0.25) is 11.8 Å². The highest BCUT2D eigenvalue weighted by molar-refractivity contribution is 5.88. The Hall–Kier alpha value is -1.88. The summed E-state index contributed by atoms with van der Waals surface area (Å²) >= 11 is 0. The maximum Gasteiger partial charge on any atom is 0.226 e. The van der Waals surface area contributed by atoms with Crippen LogP contribution in [0.1, 0.15) is 49.7 Å². The lowest BCUT2D eigenvalue weighted by atomic mass is 9.78. The van der Waals surface area contributed by atoms with E-state index < -0.39 is 0 Å². The van der Waals surface area contributed by atoms with Gasteiger partial charge in [-0.1, -0.05) is 37.1 Å². The van der Waals surface area contributed by atoms with Crippen molar-refractivity contribution >= 4 is 11.8 Å². The summed E-state index contributed by atoms with van der Waals surface area (Å²) in [6, 6.07) is 7.58. The summed E-state index contributed by atoms with van der Waals surface area (Å²) in [6.07, 6.45) is 5.83. The van der Waals surface area contributed by atoms with E-state index >= 15 is 0 Å². The molecular formula is C20H28N2O3. The van der Waals surface area contributed by atoms with E-state index in [2.05, 4.69) is 5.32 Å². The number of carbonyl (C=O) groups excluding carboxylic acids is 2. The molecule has 1 aromatic carbocycles. The normalized spacial score (nSPS) is 23.5. The molecule has 0 aromatic heterocycles. The van der Waals surface area contributed by atoms with E-state index in [1.165, 1.54) is 0 Å². The predicted octanol–water partition coefficient (Wildman–Crippen LogP) is 2.22. The number of amides is 2. The number of nitrogens with zero attached hydrogens (tertiary/aromatic N) is 1. The molecule has 5 heteroatoms. The van der Waals surface area contributed by atoms with Crippen molar-refractivity contribution in [2.45, 2.75) is 51.7 Å². The summed E-state index contributed by atoms with van der Waals surface area (Å²) in [7, 11) is 0. The number of carbonyl (C=O) groups is 2. The number of likely N-dealkylation sites (tertiary alicyclic amines) is 1. The number of aliphatic hydroxyl groups is 1. The van der Waals surface area contributed by atoms with Crippen LogP contribution in [0.4, 0.5) is 0 Å². The molecule has 1 aliphatic heterocycles. The van der Waals surface area contributed by atoms with Crippen molar-refractivity contribution < 1.29 is 14.7 Å². The van der Waals surface area contributed by atoms with Crippen LogP contribution in [0.5, 0.6) is 0 Å². The molecule has 5 nitrogen and oxygen atoms in total. The molecule has 1 saturated carbocycles. The van der Waals surface area contributed by atoms with Crippen LogP contribution in [0.25, 0.3) is 0 Å². The van der Waals surface area contributed by atoms with Crippen molar-refractivity contribution in [1.82, 2.24) is 10.2 Å². The zero-order valence-corrected chi connectivity index (χ0v) is 14.7. The smallest absolute Gasteiger partial charge is 0.226 e. The van der Waals surface area contributed by atoms with Gasteiger partial charge in [0.15, 0.2) is 0 Å². The highest BCUT2D eigenvalue weighted by Crippen LogP contribution is 2.32. The van der Waals surface area contributed by atoms with Gasteiger partial charge < -0.3 is 15.3 Å². The lowest BCUT2D eigenvalue weighted by molar-refractivity contribution is -0.142. The first kappa shape index (κ1) is 17.9. The van der Waals surface area contributed by atoms with Gasteiger partial charge in [0, 0.05) is 31.5 Å². The van der Waals surface area contributed by atoms with Crippen LogP contribution < -0.4 is 5.32 Å². The van der Waals surface area contributed by atoms with E-state index in [1.54, 1.807) is 0 Å². The highest BCUT2D eigenvalue weighted by atomic mass is 16.3. The molecule has 2 fully saturated rings. The molecule has 1 heterocycles. The first-order valence-electron chi connectivity index (χ1n) is 9.44. The molecule has 2 amide bonds. The molecule has 136 valence electrons. The van der Waals surface area contributed by atoms with Crippen molar-refractivity contribution in [2.75, 3.05) is 13.1 Å². The van der Waals surface area contributed by atoms with Gasteiger partial charge in [0.1, 0.15) is 0 Å². The number of benzene rings is 1. The molecule has 3 rings (SSSR count). The van der Waals surface area contributed by atoms with Crippen molar-refractivity contribution in [3.63, 3.8) is 0 Å². The maximum absolute atomic E-state index is 12.8. The topological polar surface area (TPSA) is 69.6 Å². The first-order chi connectivity index (χ1) is 12.2. The minimum absolute atomic E-state index is 0.00315. The molecule has 2 atom stereocenters. The van der Waals surface area contributed by atoms with E-state index in [1.807, 2.05) is 29.2 Å². The van der Waals surface area contributed by atoms with Crippen molar-refractivity contribution in [3.05, 3.63) is 35.4 Å². The van der Waals surface area contributed by atoms with Crippen molar-refractivity contribution in [3.8, 4) is 0 Å². The Kier molecular flexibility index (Phi) is 6.08. The zero-order valence-electron chi connectivity index (χ0n) is 14.7. The Labute approximate surface area is 149 Å². The second-order valence-corrected chi connectivity index (χ2v) is 7.23. The van der Waals surface area contributed by atoms with Crippen LogP contribution >= 0.6 is 0 Å². The number of nitrogens with one attached hydrogen (secondary N) is 1. The lowest BCUT2D eigenvalue weighted by Crippen LogP contribution is -2.44. The van der Waals surface area contributed by atoms with E-state index in [0.29, 0.717) is 6.54 Å². The molecule has 0 bridgehead atoms. The summed E-state index contributed by atoms with van der Waals surface area (Å²) in [6.45, 7) is 2.12. The second kappa shape index (κ2) is 8.48. The van der Waals surface area contributed by atoms with Gasteiger partial charge in [-0.05, 0) is 36.8 Å². The van der Waals surface area contributed by atoms with Gasteiger partial charge in [-0.2, -0.15) is 0 Å². The van der Waals surface area contributed by atoms with E-state index in [9.17, 15) is 14.7 Å². The predicted molar refractivity (Wildman–Crippen MR) is 95.5 cm³/mol. The monoisotopic (exact) mass is 344 g/mol. The molecule has 2 N–H and O–H groups in total. The minimum Gasteiger partial charge on any atom is -0.392 e. The fourth-order valence-electron chi connectivity index (χ4n) is 4.07. The average molecular weight is 344 g/mol. The molecule has 25 heavy (non-hydrogen) atoms. The molecule has 0 spiro atoms. The van der Waals surface area contributed by atoms with Gasteiger partial charge in [-0.3, -0.25) is 9.59 Å². The second-order valence-electron chi connectivity index (χ2n) is 7.23. The van der Waals surface area contributed by atoms with Crippen LogP contribution in [-0.2, 0) is 22.7 Å². The number of hydrogen-bond acceptors (Lipinski definition) is 3. The molecule has 2 aliphatic rings. The van der Waals surface area contributed by atoms with Crippen LogP contribution in [0, 0.1) is 11.8 Å². The third-order valence-electron chi connectivity index (χ3n) is 5.48. The van der Waals surface area contributed by atoms with Crippen LogP contribution in [0.2, 0.25) is 0 Å². The van der Waals surface area contributed by atoms with Gasteiger partial charge in [-0.15, -0.1) is 0 Å². The number of rotatable bonds is 5. The number of hydrogen-bond donors (Lipinski definition) is 2. The summed E-state index contributed by atoms with van der Waals surface area (Å²) in [4.78, 5) is 27.5. The molecular weight excluding hydrogens is 316 g/mol. The molecule has 0 radical (unpaired) electrons. The van der Waals surface area contributed by atoms with Crippen LogP contribution in [-0.4, -0.2) is 34.9 Å². The Morgan fingerprint density at radius 3 is 2.44 bits per heavy atom. The fourth-order valence-corrected chi connectivity index (χ4v) is 4.07.